The van der Waals surface area contributed by atoms with Gasteiger partial charge in [0.15, 0.2) is 11.6 Å². The van der Waals surface area contributed by atoms with E-state index in [9.17, 15) is 9.59 Å². The van der Waals surface area contributed by atoms with Gasteiger partial charge in [-0.1, -0.05) is 60.7 Å². The van der Waals surface area contributed by atoms with E-state index in [2.05, 4.69) is 11.7 Å². The van der Waals surface area contributed by atoms with Crippen molar-refractivity contribution in [3.63, 3.8) is 0 Å². The third-order valence-electron chi connectivity index (χ3n) is 10.5. The summed E-state index contributed by atoms with van der Waals surface area (Å²) in [7, 11) is 0. The molecule has 0 amide bonds. The zero-order valence-electron chi connectivity index (χ0n) is 23.5. The molecule has 0 radical (unpaired) electrons. The third-order valence-corrected chi connectivity index (χ3v) is 10.8. The summed E-state index contributed by atoms with van der Waals surface area (Å²) >= 11 is 6.50. The largest absolute Gasteiger partial charge is 0.489 e. The standard InChI is InChI=1S/C34H35ClN4O3/c1-2-6-28(29(35)18-36)31-37-38(19-30(40)33-15-23-13-24-14-25(17-33)34(24,16-23)21-33)32(41)39(31)26-9-11-27(12-10-26)42-20-22-7-4-3-5-8-22/h2-12,18,23-25H,1,13-17,19-21,36H2/b28-6+,29-18+. The van der Waals surface area contributed by atoms with Crippen LogP contribution in [0.1, 0.15) is 49.9 Å². The number of ether oxygens (including phenoxy) is 1. The third kappa shape index (κ3) is 4.20. The van der Waals surface area contributed by atoms with E-state index >= 15 is 0 Å². The minimum absolute atomic E-state index is 0.0530. The number of carbonyl (C=O) groups excluding carboxylic acids is 1. The summed E-state index contributed by atoms with van der Waals surface area (Å²) in [5.74, 6) is 3.21. The maximum atomic E-state index is 14.0. The number of nitrogens with two attached hydrogens (primary N) is 1. The normalized spacial score (nSPS) is 29.3. The first-order valence-corrected chi connectivity index (χ1v) is 15.1. The van der Waals surface area contributed by atoms with Crippen LogP contribution >= 0.6 is 11.6 Å². The number of hydrogen-bond acceptors (Lipinski definition) is 5. The molecule has 1 aromatic heterocycles. The molecule has 8 heteroatoms. The molecule has 1 heterocycles. The first-order valence-electron chi connectivity index (χ1n) is 14.8. The van der Waals surface area contributed by atoms with Crippen molar-refractivity contribution in [1.29, 1.82) is 0 Å². The molecule has 4 saturated carbocycles. The topological polar surface area (TPSA) is 92.1 Å². The fraction of sp³-hybridized carbons (Fsp3) is 0.382. The van der Waals surface area contributed by atoms with E-state index in [-0.39, 0.29) is 22.8 Å². The minimum Gasteiger partial charge on any atom is -0.489 e. The molecule has 7 nitrogen and oxygen atoms in total. The Kier molecular flexibility index (Phi) is 6.54. The van der Waals surface area contributed by atoms with Gasteiger partial charge in [0.1, 0.15) is 18.9 Å². The van der Waals surface area contributed by atoms with Crippen LogP contribution < -0.4 is 16.2 Å². The summed E-state index contributed by atoms with van der Waals surface area (Å²) in [6.45, 7) is 4.18. The predicted octanol–water partition coefficient (Wildman–Crippen LogP) is 6.01. The molecule has 5 atom stereocenters. The zero-order valence-corrected chi connectivity index (χ0v) is 24.3. The minimum atomic E-state index is -0.403. The number of hydrogen-bond donors (Lipinski definition) is 1. The Labute approximate surface area is 250 Å². The summed E-state index contributed by atoms with van der Waals surface area (Å²) in [4.78, 5) is 28.0. The van der Waals surface area contributed by atoms with Crippen molar-refractivity contribution < 1.29 is 9.53 Å². The summed E-state index contributed by atoms with van der Waals surface area (Å²) < 4.78 is 8.73. The van der Waals surface area contributed by atoms with Gasteiger partial charge in [-0.3, -0.25) is 4.79 Å². The monoisotopic (exact) mass is 582 g/mol. The van der Waals surface area contributed by atoms with Crippen LogP contribution in [0, 0.1) is 28.6 Å². The molecule has 4 aliphatic rings. The van der Waals surface area contributed by atoms with Crippen LogP contribution in [0.25, 0.3) is 11.3 Å². The van der Waals surface area contributed by atoms with Crippen molar-refractivity contribution >= 4 is 23.0 Å². The average molecular weight is 583 g/mol. The summed E-state index contributed by atoms with van der Waals surface area (Å²) in [6, 6.07) is 17.1. The molecule has 4 aliphatic carbocycles. The number of fused-ring (bicyclic) bond motifs is 2. The highest BCUT2D eigenvalue weighted by Gasteiger charge is 2.72. The lowest BCUT2D eigenvalue weighted by molar-refractivity contribution is -0.131. The van der Waals surface area contributed by atoms with Crippen LogP contribution in [-0.2, 0) is 17.9 Å². The Morgan fingerprint density at radius 3 is 2.62 bits per heavy atom. The van der Waals surface area contributed by atoms with E-state index < -0.39 is 5.69 Å². The first-order chi connectivity index (χ1) is 20.4. The highest BCUT2D eigenvalue weighted by molar-refractivity contribution is 6.36. The van der Waals surface area contributed by atoms with Crippen LogP contribution in [0.2, 0.25) is 0 Å². The number of ketones is 1. The van der Waals surface area contributed by atoms with E-state index in [0.717, 1.165) is 30.7 Å². The van der Waals surface area contributed by atoms with Gasteiger partial charge in [-0.15, -0.1) is 5.10 Å². The molecule has 1 spiro atoms. The lowest BCUT2D eigenvalue weighted by Gasteiger charge is -2.49. The summed E-state index contributed by atoms with van der Waals surface area (Å²) in [5, 5.41) is 4.91. The second-order valence-corrected chi connectivity index (χ2v) is 13.1. The number of rotatable bonds is 10. The van der Waals surface area contributed by atoms with Crippen molar-refractivity contribution in [2.75, 3.05) is 0 Å². The van der Waals surface area contributed by atoms with Gasteiger partial charge in [0.2, 0.25) is 0 Å². The van der Waals surface area contributed by atoms with Gasteiger partial charge in [-0.2, -0.15) is 0 Å². The van der Waals surface area contributed by atoms with Gasteiger partial charge < -0.3 is 10.5 Å². The molecular weight excluding hydrogens is 548 g/mol. The van der Waals surface area contributed by atoms with Crippen molar-refractivity contribution in [1.82, 2.24) is 14.3 Å². The van der Waals surface area contributed by atoms with E-state index in [1.807, 2.05) is 42.5 Å². The Bertz CT molecular complexity index is 1670. The quantitative estimate of drug-likeness (QED) is 0.296. The predicted molar refractivity (Wildman–Crippen MR) is 163 cm³/mol. The van der Waals surface area contributed by atoms with Gasteiger partial charge in [0.05, 0.1) is 10.7 Å². The number of allylic oxidation sites excluding steroid dienone is 4. The molecule has 4 fully saturated rings. The molecule has 0 saturated heterocycles. The number of benzene rings is 2. The fourth-order valence-corrected chi connectivity index (χ4v) is 8.95. The highest BCUT2D eigenvalue weighted by Crippen LogP contribution is 2.79. The van der Waals surface area contributed by atoms with Gasteiger partial charge in [0, 0.05) is 17.2 Å². The van der Waals surface area contributed by atoms with Gasteiger partial charge in [-0.05, 0) is 91.5 Å². The Morgan fingerprint density at radius 2 is 1.88 bits per heavy atom. The van der Waals surface area contributed by atoms with Crippen molar-refractivity contribution in [2.45, 2.75) is 51.7 Å². The lowest BCUT2D eigenvalue weighted by Crippen LogP contribution is -2.42. The molecule has 7 rings (SSSR count). The molecule has 2 aromatic carbocycles. The second-order valence-electron chi connectivity index (χ2n) is 12.7. The molecule has 3 aromatic rings. The fourth-order valence-electron chi connectivity index (χ4n) is 8.81. The van der Waals surface area contributed by atoms with Gasteiger partial charge >= 0.3 is 5.69 Å². The summed E-state index contributed by atoms with van der Waals surface area (Å²) in [6.07, 6.45) is 11.2. The smallest absolute Gasteiger partial charge is 0.351 e. The van der Waals surface area contributed by atoms with E-state index in [1.165, 1.54) is 34.7 Å². The lowest BCUT2D eigenvalue weighted by atomic mass is 9.55. The molecule has 2 N–H and O–H groups in total. The highest BCUT2D eigenvalue weighted by atomic mass is 35.5. The Hall–Kier alpha value is -3.84. The first kappa shape index (κ1) is 27.0. The number of carbonyl (C=O) groups is 1. The van der Waals surface area contributed by atoms with Gasteiger partial charge in [0.25, 0.3) is 0 Å². The summed E-state index contributed by atoms with van der Waals surface area (Å²) in [5.41, 5.74) is 7.52. The van der Waals surface area contributed by atoms with Crippen molar-refractivity contribution in [3.8, 4) is 11.4 Å². The van der Waals surface area contributed by atoms with Crippen LogP contribution in [0.15, 0.2) is 89.4 Å². The molecule has 216 valence electrons. The van der Waals surface area contributed by atoms with Crippen LogP contribution in [-0.4, -0.2) is 20.1 Å². The maximum Gasteiger partial charge on any atom is 0.351 e. The van der Waals surface area contributed by atoms with E-state index in [4.69, 9.17) is 22.1 Å². The Morgan fingerprint density at radius 1 is 1.10 bits per heavy atom. The number of Topliss-reactive ketones (excluding diaryl/α,β-unsaturated/α-hetero) is 1. The number of aromatic nitrogens is 3. The van der Waals surface area contributed by atoms with Gasteiger partial charge in [-0.25, -0.2) is 14.0 Å². The second kappa shape index (κ2) is 10.2. The molecule has 42 heavy (non-hydrogen) atoms. The Balaban J connectivity index is 1.21. The molecule has 3 bridgehead atoms. The molecular formula is C34H35ClN4O3. The number of nitrogens with zero attached hydrogens (tertiary/aromatic N) is 3. The molecule has 0 aliphatic heterocycles. The zero-order chi connectivity index (χ0) is 29.1. The maximum absolute atomic E-state index is 14.0. The van der Waals surface area contributed by atoms with Crippen LogP contribution in [0.5, 0.6) is 5.75 Å². The van der Waals surface area contributed by atoms with Crippen LogP contribution in [0.4, 0.5) is 0 Å². The number of halogens is 1. The van der Waals surface area contributed by atoms with Crippen LogP contribution in [0.3, 0.4) is 0 Å². The molecule has 5 unspecified atom stereocenters. The van der Waals surface area contributed by atoms with E-state index in [1.54, 1.807) is 24.3 Å². The van der Waals surface area contributed by atoms with Crippen molar-refractivity contribution in [2.24, 2.45) is 34.3 Å². The average Bonchev–Trinajstić information content (AvgIpc) is 3.50. The van der Waals surface area contributed by atoms with Crippen molar-refractivity contribution in [3.05, 3.63) is 106 Å². The SMILES string of the molecule is C=C/C=C(\C(Cl)=C/N)c1nn(CC(=O)C23CC4CC5CC(C2)C5(C4)C3)c(=O)n1-c1ccc(OCc2ccccc2)cc1. The van der Waals surface area contributed by atoms with E-state index in [0.29, 0.717) is 46.7 Å².